The second kappa shape index (κ2) is 13.9. The number of rotatable bonds is 10. The van der Waals surface area contributed by atoms with Gasteiger partial charge in [-0.15, -0.1) is 0 Å². The van der Waals surface area contributed by atoms with Crippen LogP contribution in [0.1, 0.15) is 105 Å². The summed E-state index contributed by atoms with van der Waals surface area (Å²) in [4.78, 5) is 25.8. The normalized spacial score (nSPS) is 31.0. The lowest BCUT2D eigenvalue weighted by Crippen LogP contribution is -2.51. The second-order valence-electron chi connectivity index (χ2n) is 17.1. The van der Waals surface area contributed by atoms with E-state index in [1.165, 1.54) is 69.1 Å². The van der Waals surface area contributed by atoms with Crippen LogP contribution in [0, 0.1) is 46.3 Å². The Bertz CT molecular complexity index is 1790. The molecule has 3 fully saturated rings. The maximum Gasteiger partial charge on any atom is 0.344 e. The molecule has 0 amide bonds. The first-order valence-corrected chi connectivity index (χ1v) is 19.3. The van der Waals surface area contributed by atoms with Gasteiger partial charge in [-0.25, -0.2) is 4.79 Å². The van der Waals surface area contributed by atoms with Crippen LogP contribution in [0.4, 0.5) is 0 Å². The molecule has 8 atom stereocenters. The number of carbonyl (C=O) groups is 1. The number of hydrogen-bond acceptors (Lipinski definition) is 6. The van der Waals surface area contributed by atoms with E-state index >= 15 is 0 Å². The first kappa shape index (κ1) is 34.9. The monoisotopic (exact) mass is 680 g/mol. The van der Waals surface area contributed by atoms with E-state index in [-0.39, 0.29) is 46.0 Å². The van der Waals surface area contributed by atoms with Gasteiger partial charge in [0.1, 0.15) is 34.3 Å². The van der Waals surface area contributed by atoms with Crippen molar-refractivity contribution < 1.29 is 23.8 Å². The Morgan fingerprint density at radius 2 is 1.78 bits per heavy atom. The average molecular weight is 681 g/mol. The van der Waals surface area contributed by atoms with Gasteiger partial charge in [0, 0.05) is 30.2 Å². The fraction of sp³-hybridized carbons (Fsp3) is 0.591. The molecule has 3 aromatic rings. The largest absolute Gasteiger partial charge is 0.507 e. The molecule has 4 aliphatic rings. The molecule has 0 spiro atoms. The maximum absolute atomic E-state index is 13.0. The number of phenolic OH excluding ortho intramolecular Hbond substituents is 1. The number of phenols is 1. The maximum atomic E-state index is 13.0. The first-order valence-electron chi connectivity index (χ1n) is 19.3. The van der Waals surface area contributed by atoms with Crippen molar-refractivity contribution in [2.45, 2.75) is 111 Å². The van der Waals surface area contributed by atoms with Crippen LogP contribution in [0.5, 0.6) is 11.5 Å². The predicted octanol–water partition coefficient (Wildman–Crippen LogP) is 10.5. The Labute approximate surface area is 297 Å². The molecule has 6 nitrogen and oxygen atoms in total. The van der Waals surface area contributed by atoms with Gasteiger partial charge in [0.25, 0.3) is 0 Å². The van der Waals surface area contributed by atoms with Crippen LogP contribution in [-0.2, 0) is 9.53 Å². The van der Waals surface area contributed by atoms with Crippen LogP contribution in [0.3, 0.4) is 0 Å². The average Bonchev–Trinajstić information content (AvgIpc) is 3.44. The lowest BCUT2D eigenvalue weighted by Gasteiger charge is -2.58. The molecule has 0 aliphatic heterocycles. The molecule has 0 saturated heterocycles. The quantitative estimate of drug-likeness (QED) is 0.169. The van der Waals surface area contributed by atoms with Crippen molar-refractivity contribution >= 4 is 16.9 Å². The van der Waals surface area contributed by atoms with Crippen molar-refractivity contribution in [2.24, 2.45) is 46.3 Å². The van der Waals surface area contributed by atoms with Gasteiger partial charge in [0.05, 0.1) is 0 Å². The lowest BCUT2D eigenvalue weighted by atomic mass is 9.47. The Hall–Kier alpha value is -3.54. The molecule has 6 heteroatoms. The zero-order valence-corrected chi connectivity index (χ0v) is 30.7. The fourth-order valence-corrected chi connectivity index (χ4v) is 11.2. The van der Waals surface area contributed by atoms with Crippen molar-refractivity contribution in [1.82, 2.24) is 0 Å². The van der Waals surface area contributed by atoms with Crippen LogP contribution in [0.2, 0.25) is 0 Å². The number of aromatic hydroxyl groups is 1. The molecule has 0 bridgehead atoms. The summed E-state index contributed by atoms with van der Waals surface area (Å²) in [5.74, 6) is 4.75. The number of allylic oxidation sites excluding steroid dienone is 1. The van der Waals surface area contributed by atoms with E-state index in [1.807, 2.05) is 30.3 Å². The number of esters is 1. The number of ether oxygens (including phenoxy) is 2. The Morgan fingerprint density at radius 1 is 0.980 bits per heavy atom. The third kappa shape index (κ3) is 6.52. The summed E-state index contributed by atoms with van der Waals surface area (Å²) in [6, 6.07) is 13.6. The highest BCUT2D eigenvalue weighted by atomic mass is 16.6. The minimum absolute atomic E-state index is 0.0786. The highest BCUT2D eigenvalue weighted by Gasteiger charge is 2.59. The van der Waals surface area contributed by atoms with E-state index in [4.69, 9.17) is 13.9 Å². The molecule has 3 saturated carbocycles. The summed E-state index contributed by atoms with van der Waals surface area (Å²) in [6.45, 7) is 12.1. The van der Waals surface area contributed by atoms with Gasteiger partial charge in [0.2, 0.25) is 0 Å². The molecular formula is C44H56O6. The molecule has 0 radical (unpaired) electrons. The summed E-state index contributed by atoms with van der Waals surface area (Å²) < 4.78 is 17.7. The predicted molar refractivity (Wildman–Crippen MR) is 198 cm³/mol. The smallest absolute Gasteiger partial charge is 0.344 e. The van der Waals surface area contributed by atoms with E-state index in [0.29, 0.717) is 11.2 Å². The molecule has 8 unspecified atom stereocenters. The highest BCUT2D eigenvalue weighted by molar-refractivity contribution is 5.86. The van der Waals surface area contributed by atoms with Gasteiger partial charge in [-0.05, 0) is 91.3 Å². The molecule has 1 heterocycles. The lowest BCUT2D eigenvalue weighted by molar-refractivity contribution is -0.153. The number of carbonyl (C=O) groups excluding carboxylic acids is 1. The minimum Gasteiger partial charge on any atom is -0.507 e. The third-order valence-electron chi connectivity index (χ3n) is 13.8. The molecule has 268 valence electrons. The SMILES string of the molecule is CC(C)CCCC(C)C1CCC2C3CC=C4CC(OC(=O)COc5cc(O)c6c(=O)cc(-c7ccccc7)oc6c5)CCC4(C)C3CCC12C. The summed E-state index contributed by atoms with van der Waals surface area (Å²) >= 11 is 0. The van der Waals surface area contributed by atoms with E-state index < -0.39 is 5.97 Å². The van der Waals surface area contributed by atoms with E-state index in [9.17, 15) is 14.7 Å². The number of fused-ring (bicyclic) bond motifs is 6. The van der Waals surface area contributed by atoms with Crippen LogP contribution in [-0.4, -0.2) is 23.8 Å². The Morgan fingerprint density at radius 3 is 2.56 bits per heavy atom. The first-order chi connectivity index (χ1) is 24.0. The molecule has 1 N–H and O–H groups in total. The van der Waals surface area contributed by atoms with Crippen LogP contribution in [0.15, 0.2) is 69.4 Å². The zero-order chi connectivity index (χ0) is 35.2. The van der Waals surface area contributed by atoms with Crippen LogP contribution in [0.25, 0.3) is 22.3 Å². The molecule has 2 aromatic carbocycles. The van der Waals surface area contributed by atoms with Gasteiger partial charge in [-0.3, -0.25) is 4.79 Å². The summed E-state index contributed by atoms with van der Waals surface area (Å²) in [5.41, 5.74) is 2.76. The van der Waals surface area contributed by atoms with Crippen molar-refractivity contribution in [3.8, 4) is 22.8 Å². The second-order valence-corrected chi connectivity index (χ2v) is 17.1. The van der Waals surface area contributed by atoms with E-state index in [0.717, 1.165) is 60.3 Å². The summed E-state index contributed by atoms with van der Waals surface area (Å²) in [6.07, 6.45) is 15.8. The molecule has 4 aliphatic carbocycles. The van der Waals surface area contributed by atoms with Gasteiger partial charge in [-0.2, -0.15) is 0 Å². The van der Waals surface area contributed by atoms with Crippen LogP contribution < -0.4 is 10.2 Å². The Kier molecular flexibility index (Phi) is 9.69. The number of hydrogen-bond donors (Lipinski definition) is 1. The topological polar surface area (TPSA) is 86.0 Å². The molecule has 7 rings (SSSR count). The number of benzene rings is 2. The molecule has 1 aromatic heterocycles. The van der Waals surface area contributed by atoms with Crippen molar-refractivity contribution in [1.29, 1.82) is 0 Å². The molecule has 50 heavy (non-hydrogen) atoms. The van der Waals surface area contributed by atoms with Gasteiger partial charge in [-0.1, -0.05) is 95.9 Å². The molecular weight excluding hydrogens is 624 g/mol. The van der Waals surface area contributed by atoms with Gasteiger partial charge in [0.15, 0.2) is 12.0 Å². The zero-order valence-electron chi connectivity index (χ0n) is 30.7. The van der Waals surface area contributed by atoms with Crippen molar-refractivity contribution in [2.75, 3.05) is 6.61 Å². The van der Waals surface area contributed by atoms with Gasteiger partial charge >= 0.3 is 5.97 Å². The van der Waals surface area contributed by atoms with Crippen molar-refractivity contribution in [3.05, 3.63) is 70.4 Å². The summed E-state index contributed by atoms with van der Waals surface area (Å²) in [5, 5.41) is 10.7. The standard InChI is InChI=1S/C44H56O6/c1-27(2)10-9-11-28(3)34-16-17-35-33-15-14-30-22-31(18-20-43(30,4)36(33)19-21-44(34,35)5)49-41(47)26-48-32-23-37(45)42-38(46)25-39(50-40(42)24-32)29-12-7-6-8-13-29/h6-8,12-14,23-25,27-28,31,33-36,45H,9-11,15-22,26H2,1-5H3. The van der Waals surface area contributed by atoms with Crippen LogP contribution >= 0.6 is 0 Å². The van der Waals surface area contributed by atoms with Crippen molar-refractivity contribution in [3.63, 3.8) is 0 Å². The highest BCUT2D eigenvalue weighted by Crippen LogP contribution is 2.67. The van der Waals surface area contributed by atoms with Gasteiger partial charge < -0.3 is 19.0 Å². The fourth-order valence-electron chi connectivity index (χ4n) is 11.2. The minimum atomic E-state index is -0.431. The third-order valence-corrected chi connectivity index (χ3v) is 13.8. The Balaban J connectivity index is 0.970. The van der Waals surface area contributed by atoms with E-state index in [2.05, 4.69) is 40.7 Å². The van der Waals surface area contributed by atoms with E-state index in [1.54, 1.807) is 6.07 Å². The summed E-state index contributed by atoms with van der Waals surface area (Å²) in [7, 11) is 0.